The van der Waals surface area contributed by atoms with E-state index in [0.29, 0.717) is 12.6 Å². The lowest BCUT2D eigenvalue weighted by molar-refractivity contribution is 0.0294. The lowest BCUT2D eigenvalue weighted by Crippen LogP contribution is -2.44. The molecule has 3 nitrogen and oxygen atoms in total. The fourth-order valence-electron chi connectivity index (χ4n) is 2.58. The van der Waals surface area contributed by atoms with Crippen LogP contribution in [-0.4, -0.2) is 35.9 Å². The van der Waals surface area contributed by atoms with E-state index in [1.165, 1.54) is 5.56 Å². The molecule has 4 heteroatoms. The standard InChI is InChI=1S/C16H25NO2S/c1-3-15(13-4-6-14(19-2)7-5-13)17-12-16(18)8-10-20-11-9-16/h4-7,15,17-18H,3,8-12H2,1-2H3. The van der Waals surface area contributed by atoms with E-state index in [9.17, 15) is 5.11 Å². The Kier molecular flexibility index (Phi) is 5.75. The van der Waals surface area contributed by atoms with Crippen LogP contribution >= 0.6 is 11.8 Å². The summed E-state index contributed by atoms with van der Waals surface area (Å²) in [7, 11) is 1.68. The lowest BCUT2D eigenvalue weighted by Gasteiger charge is -2.33. The molecule has 112 valence electrons. The molecule has 1 aromatic rings. The second kappa shape index (κ2) is 7.34. The van der Waals surface area contributed by atoms with Gasteiger partial charge < -0.3 is 15.2 Å². The minimum absolute atomic E-state index is 0.291. The van der Waals surface area contributed by atoms with E-state index < -0.39 is 5.60 Å². The first-order chi connectivity index (χ1) is 9.67. The van der Waals surface area contributed by atoms with E-state index >= 15 is 0 Å². The SMILES string of the molecule is CCC(NCC1(O)CCSCC1)c1ccc(OC)cc1. The van der Waals surface area contributed by atoms with Gasteiger partial charge in [0.25, 0.3) is 0 Å². The number of aliphatic hydroxyl groups is 1. The second-order valence-electron chi connectivity index (χ2n) is 5.45. The number of nitrogens with one attached hydrogen (secondary N) is 1. The summed E-state index contributed by atoms with van der Waals surface area (Å²) in [6.07, 6.45) is 2.80. The molecule has 1 unspecified atom stereocenters. The van der Waals surface area contributed by atoms with Crippen molar-refractivity contribution < 1.29 is 9.84 Å². The number of rotatable bonds is 6. The van der Waals surface area contributed by atoms with Crippen LogP contribution in [0.4, 0.5) is 0 Å². The lowest BCUT2D eigenvalue weighted by atomic mass is 9.95. The predicted octanol–water partition coefficient (Wildman–Crippen LogP) is 2.99. The van der Waals surface area contributed by atoms with E-state index in [1.54, 1.807) is 7.11 Å². The van der Waals surface area contributed by atoms with Crippen molar-refractivity contribution in [1.29, 1.82) is 0 Å². The molecule has 0 aliphatic carbocycles. The van der Waals surface area contributed by atoms with Crippen molar-refractivity contribution in [1.82, 2.24) is 5.32 Å². The van der Waals surface area contributed by atoms with Crippen LogP contribution in [0.2, 0.25) is 0 Å². The van der Waals surface area contributed by atoms with Crippen LogP contribution in [0, 0.1) is 0 Å². The second-order valence-corrected chi connectivity index (χ2v) is 6.68. The van der Waals surface area contributed by atoms with Gasteiger partial charge in [0.2, 0.25) is 0 Å². The van der Waals surface area contributed by atoms with Gasteiger partial charge in [-0.05, 0) is 48.5 Å². The molecule has 1 heterocycles. The van der Waals surface area contributed by atoms with Crippen molar-refractivity contribution in [3.8, 4) is 5.75 Å². The first-order valence-corrected chi connectivity index (χ1v) is 8.50. The zero-order valence-corrected chi connectivity index (χ0v) is 13.2. The quantitative estimate of drug-likeness (QED) is 0.846. The minimum Gasteiger partial charge on any atom is -0.497 e. The maximum Gasteiger partial charge on any atom is 0.118 e. The Morgan fingerprint density at radius 2 is 1.95 bits per heavy atom. The third kappa shape index (κ3) is 4.14. The summed E-state index contributed by atoms with van der Waals surface area (Å²) in [5.41, 5.74) is 0.729. The van der Waals surface area contributed by atoms with Gasteiger partial charge in [0.15, 0.2) is 0 Å². The third-order valence-electron chi connectivity index (χ3n) is 4.03. The number of benzene rings is 1. The average molecular weight is 295 g/mol. The van der Waals surface area contributed by atoms with Gasteiger partial charge in [0.05, 0.1) is 12.7 Å². The Morgan fingerprint density at radius 3 is 2.50 bits per heavy atom. The molecule has 0 spiro atoms. The third-order valence-corrected chi connectivity index (χ3v) is 5.01. The molecule has 20 heavy (non-hydrogen) atoms. The van der Waals surface area contributed by atoms with Crippen molar-refractivity contribution in [3.63, 3.8) is 0 Å². The van der Waals surface area contributed by atoms with E-state index in [0.717, 1.165) is 36.5 Å². The van der Waals surface area contributed by atoms with E-state index in [-0.39, 0.29) is 0 Å². The zero-order valence-electron chi connectivity index (χ0n) is 12.4. The topological polar surface area (TPSA) is 41.5 Å². The highest BCUT2D eigenvalue weighted by Gasteiger charge is 2.29. The molecular formula is C16H25NO2S. The van der Waals surface area contributed by atoms with Gasteiger partial charge in [-0.15, -0.1) is 0 Å². The molecule has 1 aromatic carbocycles. The van der Waals surface area contributed by atoms with E-state index in [1.807, 2.05) is 23.9 Å². The van der Waals surface area contributed by atoms with Crippen LogP contribution < -0.4 is 10.1 Å². The van der Waals surface area contributed by atoms with Crippen LogP contribution in [0.5, 0.6) is 5.75 Å². The molecule has 2 rings (SSSR count). The molecule has 0 aromatic heterocycles. The predicted molar refractivity (Wildman–Crippen MR) is 85.5 cm³/mol. The largest absolute Gasteiger partial charge is 0.497 e. The van der Waals surface area contributed by atoms with Crippen LogP contribution in [0.3, 0.4) is 0 Å². The Bertz CT molecular complexity index is 401. The average Bonchev–Trinajstić information content (AvgIpc) is 2.49. The highest BCUT2D eigenvalue weighted by molar-refractivity contribution is 7.99. The summed E-state index contributed by atoms with van der Waals surface area (Å²) in [6.45, 7) is 2.85. The summed E-state index contributed by atoms with van der Waals surface area (Å²) >= 11 is 1.94. The molecule has 0 amide bonds. The molecule has 1 fully saturated rings. The molecule has 0 saturated carbocycles. The van der Waals surface area contributed by atoms with Gasteiger partial charge in [-0.2, -0.15) is 11.8 Å². The Labute approximate surface area is 126 Å². The van der Waals surface area contributed by atoms with Gasteiger partial charge in [-0.3, -0.25) is 0 Å². The van der Waals surface area contributed by atoms with Crippen LogP contribution in [0.1, 0.15) is 37.8 Å². The maximum atomic E-state index is 10.5. The number of ether oxygens (including phenoxy) is 1. The van der Waals surface area contributed by atoms with Crippen molar-refractivity contribution in [2.24, 2.45) is 0 Å². The molecule has 1 aliphatic heterocycles. The van der Waals surface area contributed by atoms with Gasteiger partial charge in [-0.25, -0.2) is 0 Å². The number of hydrogen-bond donors (Lipinski definition) is 2. The maximum absolute atomic E-state index is 10.5. The first-order valence-electron chi connectivity index (χ1n) is 7.34. The van der Waals surface area contributed by atoms with Crippen LogP contribution in [0.15, 0.2) is 24.3 Å². The Hall–Kier alpha value is -0.710. The number of thioether (sulfide) groups is 1. The van der Waals surface area contributed by atoms with Gasteiger partial charge in [0.1, 0.15) is 5.75 Å². The van der Waals surface area contributed by atoms with Gasteiger partial charge >= 0.3 is 0 Å². The molecule has 2 N–H and O–H groups in total. The van der Waals surface area contributed by atoms with Crippen molar-refractivity contribution >= 4 is 11.8 Å². The van der Waals surface area contributed by atoms with E-state index in [4.69, 9.17) is 4.74 Å². The Morgan fingerprint density at radius 1 is 1.30 bits per heavy atom. The monoisotopic (exact) mass is 295 g/mol. The summed E-state index contributed by atoms with van der Waals surface area (Å²) in [5, 5.41) is 14.1. The fourth-order valence-corrected chi connectivity index (χ4v) is 3.83. The summed E-state index contributed by atoms with van der Waals surface area (Å²) < 4.78 is 5.19. The molecule has 0 radical (unpaired) electrons. The van der Waals surface area contributed by atoms with Gasteiger partial charge in [-0.1, -0.05) is 19.1 Å². The van der Waals surface area contributed by atoms with Gasteiger partial charge in [0, 0.05) is 12.6 Å². The molecule has 1 atom stereocenters. The molecule has 0 bridgehead atoms. The molecular weight excluding hydrogens is 270 g/mol. The van der Waals surface area contributed by atoms with Crippen molar-refractivity contribution in [2.75, 3.05) is 25.2 Å². The van der Waals surface area contributed by atoms with Crippen molar-refractivity contribution in [3.05, 3.63) is 29.8 Å². The zero-order chi connectivity index (χ0) is 14.4. The molecule has 1 saturated heterocycles. The minimum atomic E-state index is -0.523. The number of hydrogen-bond acceptors (Lipinski definition) is 4. The van der Waals surface area contributed by atoms with Crippen LogP contribution in [-0.2, 0) is 0 Å². The fraction of sp³-hybridized carbons (Fsp3) is 0.625. The smallest absolute Gasteiger partial charge is 0.118 e. The normalized spacial score (nSPS) is 19.6. The summed E-state index contributed by atoms with van der Waals surface area (Å²) in [4.78, 5) is 0. The Balaban J connectivity index is 1.94. The highest BCUT2D eigenvalue weighted by atomic mass is 32.2. The van der Waals surface area contributed by atoms with Crippen molar-refractivity contribution in [2.45, 2.75) is 37.8 Å². The summed E-state index contributed by atoms with van der Waals surface area (Å²) in [5.74, 6) is 3.01. The first kappa shape index (κ1) is 15.7. The summed E-state index contributed by atoms with van der Waals surface area (Å²) in [6, 6.07) is 8.47. The number of methoxy groups -OCH3 is 1. The van der Waals surface area contributed by atoms with Crippen LogP contribution in [0.25, 0.3) is 0 Å². The molecule has 1 aliphatic rings. The van der Waals surface area contributed by atoms with E-state index in [2.05, 4.69) is 24.4 Å². The highest BCUT2D eigenvalue weighted by Crippen LogP contribution is 2.27.